The third kappa shape index (κ3) is 3.62. The minimum absolute atomic E-state index is 0.0205. The summed E-state index contributed by atoms with van der Waals surface area (Å²) in [7, 11) is 0. The van der Waals surface area contributed by atoms with Crippen molar-refractivity contribution in [3.63, 3.8) is 0 Å². The number of hydrogen-bond donors (Lipinski definition) is 1. The maximum Gasteiger partial charge on any atom is 0.225 e. The number of hydrogen-bond acceptors (Lipinski definition) is 3. The molecule has 6 heteroatoms. The molecule has 0 bridgehead atoms. The highest BCUT2D eigenvalue weighted by atomic mass is 19.1. The Bertz CT molecular complexity index is 1090. The lowest BCUT2D eigenvalue weighted by Crippen LogP contribution is -2.12. The number of anilines is 1. The van der Waals surface area contributed by atoms with Crippen LogP contribution in [-0.2, 0) is 11.2 Å². The van der Waals surface area contributed by atoms with E-state index in [2.05, 4.69) is 21.9 Å². The van der Waals surface area contributed by atoms with Crippen molar-refractivity contribution in [2.75, 3.05) is 5.32 Å². The smallest absolute Gasteiger partial charge is 0.225 e. The van der Waals surface area contributed by atoms with Crippen molar-refractivity contribution in [1.29, 1.82) is 0 Å². The molecule has 1 amide bonds. The lowest BCUT2D eigenvalue weighted by Gasteiger charge is -2.09. The van der Waals surface area contributed by atoms with E-state index in [1.54, 1.807) is 18.3 Å². The number of fused-ring (bicyclic) bond motifs is 1. The van der Waals surface area contributed by atoms with Gasteiger partial charge in [-0.05, 0) is 80.0 Å². The monoisotopic (exact) mass is 404 g/mol. The summed E-state index contributed by atoms with van der Waals surface area (Å²) in [6.45, 7) is 2.18. The van der Waals surface area contributed by atoms with Crippen LogP contribution in [0.3, 0.4) is 0 Å². The lowest BCUT2D eigenvalue weighted by atomic mass is 9.98. The second-order valence-electron chi connectivity index (χ2n) is 8.35. The molecule has 3 aromatic rings. The first-order valence-electron chi connectivity index (χ1n) is 10.8. The third-order valence-corrected chi connectivity index (χ3v) is 6.15. The Morgan fingerprint density at radius 3 is 2.70 bits per heavy atom. The first-order chi connectivity index (χ1) is 14.6. The van der Waals surface area contributed by atoms with Gasteiger partial charge in [0.2, 0.25) is 5.91 Å². The Labute approximate surface area is 175 Å². The molecular weight excluding hydrogens is 379 g/mol. The number of aromatic nitrogens is 3. The fourth-order valence-corrected chi connectivity index (χ4v) is 4.36. The van der Waals surface area contributed by atoms with Crippen LogP contribution in [0, 0.1) is 11.7 Å². The minimum Gasteiger partial charge on any atom is -0.311 e. The molecule has 3 heterocycles. The van der Waals surface area contributed by atoms with Gasteiger partial charge in [-0.25, -0.2) is 9.37 Å². The summed E-state index contributed by atoms with van der Waals surface area (Å²) in [5, 5.41) is 7.89. The molecule has 0 saturated heterocycles. The van der Waals surface area contributed by atoms with Gasteiger partial charge in [-0.2, -0.15) is 5.10 Å². The third-order valence-electron chi connectivity index (χ3n) is 6.15. The SMILES string of the molecule is CCC1CCc2c(-c3ccnc(NC(=O)CC4CC4)c3)c(-c3ccc(F)cc3)nn21. The normalized spacial score (nSPS) is 17.7. The van der Waals surface area contributed by atoms with E-state index >= 15 is 0 Å². The number of rotatable bonds is 6. The fourth-order valence-electron chi connectivity index (χ4n) is 4.36. The van der Waals surface area contributed by atoms with Crippen LogP contribution in [0.5, 0.6) is 0 Å². The minimum atomic E-state index is -0.261. The second kappa shape index (κ2) is 7.67. The molecule has 5 nitrogen and oxygen atoms in total. The van der Waals surface area contributed by atoms with Crippen LogP contribution in [0.1, 0.15) is 50.8 Å². The zero-order chi connectivity index (χ0) is 20.7. The number of benzene rings is 1. The molecule has 2 aliphatic rings. The summed E-state index contributed by atoms with van der Waals surface area (Å²) in [5.41, 5.74) is 4.97. The first kappa shape index (κ1) is 19.0. The Balaban J connectivity index is 1.55. The van der Waals surface area contributed by atoms with E-state index in [4.69, 9.17) is 5.10 Å². The summed E-state index contributed by atoms with van der Waals surface area (Å²) in [6.07, 6.45) is 7.63. The quantitative estimate of drug-likeness (QED) is 0.599. The highest BCUT2D eigenvalue weighted by molar-refractivity contribution is 5.91. The lowest BCUT2D eigenvalue weighted by molar-refractivity contribution is -0.116. The number of pyridine rings is 1. The maximum absolute atomic E-state index is 13.5. The largest absolute Gasteiger partial charge is 0.311 e. The van der Waals surface area contributed by atoms with Crippen LogP contribution >= 0.6 is 0 Å². The maximum atomic E-state index is 13.5. The van der Waals surface area contributed by atoms with Gasteiger partial charge in [-0.15, -0.1) is 0 Å². The van der Waals surface area contributed by atoms with Gasteiger partial charge in [0.1, 0.15) is 17.3 Å². The molecule has 2 aromatic heterocycles. The number of nitrogens with one attached hydrogen (secondary N) is 1. The molecule has 1 aliphatic heterocycles. The van der Waals surface area contributed by atoms with E-state index in [-0.39, 0.29) is 11.7 Å². The van der Waals surface area contributed by atoms with Gasteiger partial charge < -0.3 is 5.32 Å². The molecular formula is C24H25FN4O. The Morgan fingerprint density at radius 1 is 1.17 bits per heavy atom. The molecule has 1 aliphatic carbocycles. The van der Waals surface area contributed by atoms with Crippen molar-refractivity contribution in [2.24, 2.45) is 5.92 Å². The first-order valence-corrected chi connectivity index (χ1v) is 10.8. The van der Waals surface area contributed by atoms with Crippen molar-refractivity contribution < 1.29 is 9.18 Å². The molecule has 1 aromatic carbocycles. The van der Waals surface area contributed by atoms with E-state index in [1.165, 1.54) is 17.8 Å². The molecule has 1 fully saturated rings. The van der Waals surface area contributed by atoms with Gasteiger partial charge in [0.25, 0.3) is 0 Å². The van der Waals surface area contributed by atoms with Crippen molar-refractivity contribution >= 4 is 11.7 Å². The zero-order valence-corrected chi connectivity index (χ0v) is 17.1. The van der Waals surface area contributed by atoms with Gasteiger partial charge in [-0.3, -0.25) is 9.48 Å². The van der Waals surface area contributed by atoms with Crippen molar-refractivity contribution in [1.82, 2.24) is 14.8 Å². The summed E-state index contributed by atoms with van der Waals surface area (Å²) in [4.78, 5) is 16.6. The number of carbonyl (C=O) groups excluding carboxylic acids is 1. The molecule has 1 saturated carbocycles. The van der Waals surface area contributed by atoms with Gasteiger partial charge >= 0.3 is 0 Å². The van der Waals surface area contributed by atoms with E-state index in [1.807, 2.05) is 12.1 Å². The van der Waals surface area contributed by atoms with Crippen LogP contribution in [0.4, 0.5) is 10.2 Å². The number of amides is 1. The predicted octanol–water partition coefficient (Wildman–Crippen LogP) is 5.39. The molecule has 30 heavy (non-hydrogen) atoms. The number of nitrogens with zero attached hydrogens (tertiary/aromatic N) is 3. The predicted molar refractivity (Wildman–Crippen MR) is 114 cm³/mol. The number of carbonyl (C=O) groups is 1. The highest BCUT2D eigenvalue weighted by Gasteiger charge is 2.29. The summed E-state index contributed by atoms with van der Waals surface area (Å²) < 4.78 is 15.6. The molecule has 0 radical (unpaired) electrons. The van der Waals surface area contributed by atoms with E-state index in [0.29, 0.717) is 24.2 Å². The fraction of sp³-hybridized carbons (Fsp3) is 0.375. The van der Waals surface area contributed by atoms with Crippen molar-refractivity contribution in [3.05, 3.63) is 54.1 Å². The van der Waals surface area contributed by atoms with Crippen LogP contribution in [-0.4, -0.2) is 20.7 Å². The zero-order valence-electron chi connectivity index (χ0n) is 17.1. The molecule has 5 rings (SSSR count). The highest BCUT2D eigenvalue weighted by Crippen LogP contribution is 2.41. The average molecular weight is 404 g/mol. The Hall–Kier alpha value is -3.02. The van der Waals surface area contributed by atoms with Gasteiger partial charge in [0.05, 0.1) is 6.04 Å². The van der Waals surface area contributed by atoms with E-state index < -0.39 is 0 Å². The number of halogens is 1. The summed E-state index contributed by atoms with van der Waals surface area (Å²) >= 11 is 0. The van der Waals surface area contributed by atoms with Gasteiger partial charge in [0.15, 0.2) is 0 Å². The Kier molecular flexibility index (Phi) is 4.85. The van der Waals surface area contributed by atoms with Crippen LogP contribution in [0.2, 0.25) is 0 Å². The molecule has 1 atom stereocenters. The molecule has 1 N–H and O–H groups in total. The van der Waals surface area contributed by atoms with Gasteiger partial charge in [-0.1, -0.05) is 6.92 Å². The topological polar surface area (TPSA) is 59.8 Å². The Morgan fingerprint density at radius 2 is 1.97 bits per heavy atom. The standard InChI is InChI=1S/C24H25FN4O/c1-2-19-9-10-20-23(24(28-29(19)20)16-5-7-18(25)8-6-16)17-11-12-26-21(14-17)27-22(30)13-15-3-4-15/h5-8,11-12,14-15,19H,2-4,9-10,13H2,1H3,(H,26,27,30). The average Bonchev–Trinajstić information content (AvgIpc) is 3.33. The van der Waals surface area contributed by atoms with Crippen LogP contribution in [0.15, 0.2) is 42.6 Å². The van der Waals surface area contributed by atoms with Crippen molar-refractivity contribution in [2.45, 2.75) is 51.5 Å². The van der Waals surface area contributed by atoms with E-state index in [9.17, 15) is 9.18 Å². The van der Waals surface area contributed by atoms with E-state index in [0.717, 1.165) is 54.5 Å². The van der Waals surface area contributed by atoms with Gasteiger partial charge in [0, 0.05) is 29.4 Å². The second-order valence-corrected chi connectivity index (χ2v) is 8.35. The molecule has 154 valence electrons. The summed E-state index contributed by atoms with van der Waals surface area (Å²) in [6, 6.07) is 10.8. The van der Waals surface area contributed by atoms with Crippen molar-refractivity contribution in [3.8, 4) is 22.4 Å². The van der Waals surface area contributed by atoms with Crippen LogP contribution in [0.25, 0.3) is 22.4 Å². The molecule has 1 unspecified atom stereocenters. The molecule has 0 spiro atoms. The summed E-state index contributed by atoms with van der Waals surface area (Å²) in [5.74, 6) is 0.853. The van der Waals surface area contributed by atoms with Crippen LogP contribution < -0.4 is 5.32 Å².